The molecule has 1 fully saturated rings. The minimum absolute atomic E-state index is 0.0452. The van der Waals surface area contributed by atoms with Gasteiger partial charge >= 0.3 is 5.97 Å². The number of nitrogens with one attached hydrogen (secondary N) is 2. The molecule has 1 atom stereocenters. The van der Waals surface area contributed by atoms with Crippen molar-refractivity contribution in [3.05, 3.63) is 33.9 Å². The van der Waals surface area contributed by atoms with Crippen molar-refractivity contribution >= 4 is 22.6 Å². The first-order chi connectivity index (χ1) is 11.4. The zero-order valence-electron chi connectivity index (χ0n) is 13.4. The normalized spacial score (nSPS) is 18.0. The van der Waals surface area contributed by atoms with E-state index >= 15 is 0 Å². The molecular formula is C16H18FN3O4. The molecule has 1 unspecified atom stereocenters. The van der Waals surface area contributed by atoms with E-state index in [1.165, 1.54) is 7.11 Å². The maximum absolute atomic E-state index is 14.7. The maximum atomic E-state index is 14.7. The third-order valence-electron chi connectivity index (χ3n) is 4.18. The van der Waals surface area contributed by atoms with E-state index in [-0.39, 0.29) is 28.4 Å². The summed E-state index contributed by atoms with van der Waals surface area (Å²) in [5.41, 5.74) is -0.617. The number of fused-ring (bicyclic) bond motifs is 1. The minimum Gasteiger partial charge on any atom is -0.492 e. The van der Waals surface area contributed by atoms with Crippen LogP contribution in [-0.2, 0) is 0 Å². The number of carboxylic acids is 1. The lowest BCUT2D eigenvalue weighted by Gasteiger charge is -2.34. The van der Waals surface area contributed by atoms with E-state index in [9.17, 15) is 14.0 Å². The van der Waals surface area contributed by atoms with Crippen molar-refractivity contribution in [3.8, 4) is 5.75 Å². The van der Waals surface area contributed by atoms with Crippen molar-refractivity contribution in [1.82, 2.24) is 10.3 Å². The zero-order chi connectivity index (χ0) is 17.4. The lowest BCUT2D eigenvalue weighted by atomic mass is 10.1. The number of nitrogens with zero attached hydrogens (tertiary/aromatic N) is 1. The molecule has 0 radical (unpaired) electrons. The molecule has 1 aliphatic heterocycles. The van der Waals surface area contributed by atoms with E-state index < -0.39 is 22.8 Å². The van der Waals surface area contributed by atoms with Gasteiger partial charge in [-0.15, -0.1) is 0 Å². The summed E-state index contributed by atoms with van der Waals surface area (Å²) < 4.78 is 20.1. The van der Waals surface area contributed by atoms with E-state index in [1.54, 1.807) is 0 Å². The Hall–Kier alpha value is -2.61. The Kier molecular flexibility index (Phi) is 4.15. The number of aromatic carboxylic acids is 1. The summed E-state index contributed by atoms with van der Waals surface area (Å²) in [6.07, 6.45) is 1.11. The van der Waals surface area contributed by atoms with E-state index in [1.807, 2.05) is 11.8 Å². The van der Waals surface area contributed by atoms with Crippen LogP contribution in [0.2, 0.25) is 0 Å². The Morgan fingerprint density at radius 3 is 2.88 bits per heavy atom. The van der Waals surface area contributed by atoms with Crippen molar-refractivity contribution in [3.63, 3.8) is 0 Å². The Balaban J connectivity index is 2.25. The molecular weight excluding hydrogens is 317 g/mol. The molecule has 0 amide bonds. The minimum atomic E-state index is -1.36. The van der Waals surface area contributed by atoms with E-state index in [2.05, 4.69) is 10.3 Å². The summed E-state index contributed by atoms with van der Waals surface area (Å²) in [6, 6.07) is 1.26. The summed E-state index contributed by atoms with van der Waals surface area (Å²) in [7, 11) is 1.40. The van der Waals surface area contributed by atoms with Gasteiger partial charge in [-0.1, -0.05) is 0 Å². The fourth-order valence-corrected chi connectivity index (χ4v) is 3.08. The van der Waals surface area contributed by atoms with Gasteiger partial charge in [0.1, 0.15) is 11.3 Å². The number of piperazine rings is 1. The molecule has 3 rings (SSSR count). The van der Waals surface area contributed by atoms with Crippen LogP contribution in [0.3, 0.4) is 0 Å². The third kappa shape index (κ3) is 2.58. The highest BCUT2D eigenvalue weighted by molar-refractivity contribution is 5.96. The molecule has 2 heterocycles. The highest BCUT2D eigenvalue weighted by Gasteiger charge is 2.26. The van der Waals surface area contributed by atoms with Gasteiger partial charge in [0.2, 0.25) is 5.43 Å². The van der Waals surface area contributed by atoms with Crippen LogP contribution in [0.25, 0.3) is 10.9 Å². The topological polar surface area (TPSA) is 94.7 Å². The maximum Gasteiger partial charge on any atom is 0.341 e. The van der Waals surface area contributed by atoms with Crippen molar-refractivity contribution in [2.45, 2.75) is 13.0 Å². The Bertz CT molecular complexity index is 865. The number of halogens is 1. The van der Waals surface area contributed by atoms with Crippen LogP contribution >= 0.6 is 0 Å². The Morgan fingerprint density at radius 1 is 1.50 bits per heavy atom. The number of carbonyl (C=O) groups is 1. The molecule has 1 aromatic carbocycles. The van der Waals surface area contributed by atoms with Gasteiger partial charge in [0.05, 0.1) is 18.0 Å². The van der Waals surface area contributed by atoms with E-state index in [4.69, 9.17) is 9.84 Å². The first kappa shape index (κ1) is 16.3. The smallest absolute Gasteiger partial charge is 0.341 e. The van der Waals surface area contributed by atoms with Crippen LogP contribution in [0, 0.1) is 5.82 Å². The van der Waals surface area contributed by atoms with Gasteiger partial charge in [-0.3, -0.25) is 4.79 Å². The number of H-pyrrole nitrogens is 1. The molecule has 3 N–H and O–H groups in total. The number of rotatable bonds is 3. The second-order valence-corrected chi connectivity index (χ2v) is 5.80. The average molecular weight is 335 g/mol. The summed E-state index contributed by atoms with van der Waals surface area (Å²) in [5, 5.41) is 12.3. The molecule has 1 aliphatic rings. The number of aromatic nitrogens is 1. The summed E-state index contributed by atoms with van der Waals surface area (Å²) in [6.45, 7) is 3.89. The van der Waals surface area contributed by atoms with Gasteiger partial charge in [0, 0.05) is 31.9 Å². The summed E-state index contributed by atoms with van der Waals surface area (Å²) in [4.78, 5) is 28.0. The number of pyridine rings is 1. The number of aromatic amines is 1. The lowest BCUT2D eigenvalue weighted by molar-refractivity contribution is 0.0695. The van der Waals surface area contributed by atoms with E-state index in [0.717, 1.165) is 12.3 Å². The third-order valence-corrected chi connectivity index (χ3v) is 4.18. The molecule has 7 nitrogen and oxygen atoms in total. The number of carboxylic acid groups (broad SMARTS) is 1. The molecule has 0 aliphatic carbocycles. The summed E-state index contributed by atoms with van der Waals surface area (Å²) in [5.74, 6) is -1.77. The van der Waals surface area contributed by atoms with E-state index in [0.29, 0.717) is 19.6 Å². The number of benzene rings is 1. The first-order valence-corrected chi connectivity index (χ1v) is 7.57. The van der Waals surface area contributed by atoms with Crippen LogP contribution in [-0.4, -0.2) is 48.8 Å². The van der Waals surface area contributed by atoms with Crippen molar-refractivity contribution in [2.75, 3.05) is 31.6 Å². The molecule has 1 saturated heterocycles. The van der Waals surface area contributed by atoms with Crippen LogP contribution in [0.1, 0.15) is 17.3 Å². The quantitative estimate of drug-likeness (QED) is 0.779. The lowest BCUT2D eigenvalue weighted by Crippen LogP contribution is -2.49. The van der Waals surface area contributed by atoms with Crippen LogP contribution in [0.5, 0.6) is 5.75 Å². The number of methoxy groups -OCH3 is 1. The van der Waals surface area contributed by atoms with Crippen LogP contribution in [0.4, 0.5) is 10.1 Å². The SMILES string of the molecule is COc1c(N2CCNC(C)C2)c(F)cc2c(=O)c(C(=O)O)c[nH]c12. The fourth-order valence-electron chi connectivity index (χ4n) is 3.08. The zero-order valence-corrected chi connectivity index (χ0v) is 13.4. The fraction of sp³-hybridized carbons (Fsp3) is 0.375. The predicted octanol–water partition coefficient (Wildman–Crippen LogP) is 1.17. The molecule has 24 heavy (non-hydrogen) atoms. The average Bonchev–Trinajstić information content (AvgIpc) is 2.54. The van der Waals surface area contributed by atoms with Gasteiger partial charge in [0.15, 0.2) is 11.6 Å². The highest BCUT2D eigenvalue weighted by atomic mass is 19.1. The molecule has 0 saturated carbocycles. The second kappa shape index (κ2) is 6.12. The van der Waals surface area contributed by atoms with Crippen LogP contribution < -0.4 is 20.4 Å². The second-order valence-electron chi connectivity index (χ2n) is 5.80. The standard InChI is InChI=1S/C16H18FN3O4/c1-8-7-20(4-3-18-8)13-11(17)5-9-12(15(13)24-2)19-6-10(14(9)21)16(22)23/h5-6,8,18H,3-4,7H2,1-2H3,(H,19,21)(H,22,23). The van der Waals surface area contributed by atoms with Gasteiger partial charge in [-0.05, 0) is 13.0 Å². The van der Waals surface area contributed by atoms with Crippen LogP contribution in [0.15, 0.2) is 17.1 Å². The van der Waals surface area contributed by atoms with Gasteiger partial charge < -0.3 is 25.0 Å². The van der Waals surface area contributed by atoms with Crippen molar-refractivity contribution in [2.24, 2.45) is 0 Å². The highest BCUT2D eigenvalue weighted by Crippen LogP contribution is 2.37. The van der Waals surface area contributed by atoms with Gasteiger partial charge in [-0.25, -0.2) is 9.18 Å². The van der Waals surface area contributed by atoms with Crippen molar-refractivity contribution in [1.29, 1.82) is 0 Å². The number of anilines is 1. The Morgan fingerprint density at radius 2 is 2.25 bits per heavy atom. The molecule has 0 bridgehead atoms. The summed E-state index contributed by atoms with van der Waals surface area (Å²) >= 11 is 0. The van der Waals surface area contributed by atoms with Crippen molar-refractivity contribution < 1.29 is 19.0 Å². The molecule has 1 aromatic heterocycles. The molecule has 128 valence electrons. The largest absolute Gasteiger partial charge is 0.492 e. The number of hydrogen-bond acceptors (Lipinski definition) is 5. The molecule has 0 spiro atoms. The molecule has 8 heteroatoms. The van der Waals surface area contributed by atoms with Gasteiger partial charge in [0.25, 0.3) is 0 Å². The predicted molar refractivity (Wildman–Crippen MR) is 87.7 cm³/mol. The monoisotopic (exact) mass is 335 g/mol. The Labute approximate surface area is 137 Å². The number of hydrogen-bond donors (Lipinski definition) is 3. The number of ether oxygens (including phenoxy) is 1. The van der Waals surface area contributed by atoms with Gasteiger partial charge in [-0.2, -0.15) is 0 Å². The first-order valence-electron chi connectivity index (χ1n) is 7.57. The molecule has 2 aromatic rings.